The molecule has 0 saturated heterocycles. The Morgan fingerprint density at radius 3 is 2.83 bits per heavy atom. The maximum absolute atomic E-state index is 13.9. The molecule has 4 nitrogen and oxygen atoms in total. The van der Waals surface area contributed by atoms with Crippen LogP contribution in [0.15, 0.2) is 18.3 Å². The summed E-state index contributed by atoms with van der Waals surface area (Å²) in [6.45, 7) is 4.85. The Balaban J connectivity index is 2.37. The molecule has 1 aromatic heterocycles. The molecule has 0 amide bonds. The lowest BCUT2D eigenvalue weighted by atomic mass is 10.2. The summed E-state index contributed by atoms with van der Waals surface area (Å²) in [5, 5.41) is 10.7. The van der Waals surface area contributed by atoms with Crippen molar-refractivity contribution in [1.82, 2.24) is 20.3 Å². The summed E-state index contributed by atoms with van der Waals surface area (Å²) >= 11 is 0. The maximum Gasteiger partial charge on any atom is 0.154 e. The second kappa shape index (κ2) is 5.22. The van der Waals surface area contributed by atoms with Gasteiger partial charge in [0.15, 0.2) is 11.6 Å². The van der Waals surface area contributed by atoms with Crippen molar-refractivity contribution in [3.8, 4) is 5.69 Å². The van der Waals surface area contributed by atoms with Gasteiger partial charge >= 0.3 is 0 Å². The van der Waals surface area contributed by atoms with Crippen LogP contribution in [0.3, 0.4) is 0 Å². The van der Waals surface area contributed by atoms with Gasteiger partial charge in [0.1, 0.15) is 5.69 Å². The molecule has 0 aliphatic rings. The van der Waals surface area contributed by atoms with E-state index in [-0.39, 0.29) is 5.69 Å². The Morgan fingerprint density at radius 1 is 1.33 bits per heavy atom. The third kappa shape index (κ3) is 2.38. The van der Waals surface area contributed by atoms with E-state index in [1.54, 1.807) is 6.92 Å². The van der Waals surface area contributed by atoms with Crippen molar-refractivity contribution in [2.24, 2.45) is 0 Å². The minimum atomic E-state index is -0.655. The summed E-state index contributed by atoms with van der Waals surface area (Å²) in [7, 11) is 0. The smallest absolute Gasteiger partial charge is 0.154 e. The average Bonchev–Trinajstić information content (AvgIpc) is 2.80. The molecule has 0 unspecified atom stereocenters. The van der Waals surface area contributed by atoms with Crippen molar-refractivity contribution in [2.45, 2.75) is 20.4 Å². The minimum Gasteiger partial charge on any atom is -0.311 e. The van der Waals surface area contributed by atoms with Crippen LogP contribution in [0.2, 0.25) is 0 Å². The molecule has 0 saturated carbocycles. The van der Waals surface area contributed by atoms with E-state index < -0.39 is 11.6 Å². The predicted octanol–water partition coefficient (Wildman–Crippen LogP) is 1.96. The lowest BCUT2D eigenvalue weighted by Gasteiger charge is -2.05. The van der Waals surface area contributed by atoms with Crippen LogP contribution in [0, 0.1) is 18.6 Å². The molecule has 0 aliphatic heterocycles. The molecule has 1 aromatic carbocycles. The van der Waals surface area contributed by atoms with Crippen LogP contribution in [0.1, 0.15) is 18.2 Å². The van der Waals surface area contributed by atoms with E-state index >= 15 is 0 Å². The summed E-state index contributed by atoms with van der Waals surface area (Å²) in [5.41, 5.74) is 0.817. The zero-order valence-corrected chi connectivity index (χ0v) is 10.2. The molecular formula is C12H14F2N4. The number of rotatable bonds is 4. The van der Waals surface area contributed by atoms with Crippen LogP contribution >= 0.6 is 0 Å². The average molecular weight is 252 g/mol. The van der Waals surface area contributed by atoms with Crippen LogP contribution in [0.4, 0.5) is 8.78 Å². The van der Waals surface area contributed by atoms with Gasteiger partial charge in [-0.3, -0.25) is 0 Å². The molecule has 1 N–H and O–H groups in total. The first-order valence-electron chi connectivity index (χ1n) is 5.70. The van der Waals surface area contributed by atoms with Gasteiger partial charge in [0.2, 0.25) is 0 Å². The van der Waals surface area contributed by atoms with Crippen molar-refractivity contribution in [1.29, 1.82) is 0 Å². The van der Waals surface area contributed by atoms with Gasteiger partial charge in [-0.15, -0.1) is 5.10 Å². The second-order valence-electron chi connectivity index (χ2n) is 3.96. The van der Waals surface area contributed by atoms with E-state index in [1.165, 1.54) is 18.3 Å². The molecule has 1 heterocycles. The summed E-state index contributed by atoms with van der Waals surface area (Å²) < 4.78 is 28.6. The predicted molar refractivity (Wildman–Crippen MR) is 63.4 cm³/mol. The van der Waals surface area contributed by atoms with E-state index in [2.05, 4.69) is 15.6 Å². The zero-order valence-electron chi connectivity index (χ0n) is 10.2. The number of aryl methyl sites for hydroxylation is 1. The SMILES string of the molecule is CCNCc1cn(-c2c(F)ccc(C)c2F)nn1. The van der Waals surface area contributed by atoms with E-state index in [1.807, 2.05) is 6.92 Å². The summed E-state index contributed by atoms with van der Waals surface area (Å²) in [4.78, 5) is 0. The third-order valence-electron chi connectivity index (χ3n) is 2.59. The first kappa shape index (κ1) is 12.6. The fraction of sp³-hybridized carbons (Fsp3) is 0.333. The van der Waals surface area contributed by atoms with Crippen molar-refractivity contribution in [3.63, 3.8) is 0 Å². The van der Waals surface area contributed by atoms with Crippen molar-refractivity contribution >= 4 is 0 Å². The standard InChI is InChI=1S/C12H14F2N4/c1-3-15-6-9-7-18(17-16-9)12-10(13)5-4-8(2)11(12)14/h4-5,7,15H,3,6H2,1-2H3. The largest absolute Gasteiger partial charge is 0.311 e. The lowest BCUT2D eigenvalue weighted by molar-refractivity contribution is 0.551. The van der Waals surface area contributed by atoms with Gasteiger partial charge in [0, 0.05) is 6.54 Å². The van der Waals surface area contributed by atoms with Crippen LogP contribution < -0.4 is 5.32 Å². The highest BCUT2D eigenvalue weighted by Gasteiger charge is 2.15. The fourth-order valence-corrected chi connectivity index (χ4v) is 1.59. The van der Waals surface area contributed by atoms with Gasteiger partial charge < -0.3 is 5.32 Å². The topological polar surface area (TPSA) is 42.7 Å². The Hall–Kier alpha value is -1.82. The first-order valence-corrected chi connectivity index (χ1v) is 5.70. The van der Waals surface area contributed by atoms with Crippen LogP contribution in [-0.4, -0.2) is 21.5 Å². The fourth-order valence-electron chi connectivity index (χ4n) is 1.59. The number of hydrogen-bond donors (Lipinski definition) is 1. The Morgan fingerprint density at radius 2 is 2.11 bits per heavy atom. The molecule has 2 rings (SSSR count). The molecular weight excluding hydrogens is 238 g/mol. The first-order chi connectivity index (χ1) is 8.63. The number of hydrogen-bond acceptors (Lipinski definition) is 3. The van der Waals surface area contributed by atoms with E-state index in [9.17, 15) is 8.78 Å². The van der Waals surface area contributed by atoms with E-state index in [0.717, 1.165) is 11.2 Å². The maximum atomic E-state index is 13.9. The molecule has 0 bridgehead atoms. The molecule has 0 fully saturated rings. The lowest BCUT2D eigenvalue weighted by Crippen LogP contribution is -2.11. The molecule has 0 radical (unpaired) electrons. The van der Waals surface area contributed by atoms with E-state index in [0.29, 0.717) is 17.8 Å². The van der Waals surface area contributed by atoms with Crippen molar-refractivity contribution in [2.75, 3.05) is 6.54 Å². The molecule has 18 heavy (non-hydrogen) atoms. The highest BCUT2D eigenvalue weighted by atomic mass is 19.1. The summed E-state index contributed by atoms with van der Waals surface area (Å²) in [5.74, 6) is -1.27. The number of aromatic nitrogens is 3. The van der Waals surface area contributed by atoms with Crippen LogP contribution in [0.25, 0.3) is 5.69 Å². The Labute approximate surface area is 104 Å². The van der Waals surface area contributed by atoms with Crippen molar-refractivity contribution < 1.29 is 8.78 Å². The monoisotopic (exact) mass is 252 g/mol. The van der Waals surface area contributed by atoms with Gasteiger partial charge in [0.25, 0.3) is 0 Å². The highest BCUT2D eigenvalue weighted by molar-refractivity contribution is 5.38. The molecule has 2 aromatic rings. The molecule has 0 atom stereocenters. The van der Waals surface area contributed by atoms with Gasteiger partial charge in [-0.05, 0) is 25.1 Å². The van der Waals surface area contributed by atoms with Gasteiger partial charge in [-0.1, -0.05) is 18.2 Å². The molecule has 6 heteroatoms. The Kier molecular flexibility index (Phi) is 3.66. The highest BCUT2D eigenvalue weighted by Crippen LogP contribution is 2.19. The quantitative estimate of drug-likeness (QED) is 0.904. The third-order valence-corrected chi connectivity index (χ3v) is 2.59. The zero-order chi connectivity index (χ0) is 13.1. The summed E-state index contributed by atoms with van der Waals surface area (Å²) in [6.07, 6.45) is 1.52. The van der Waals surface area contributed by atoms with Gasteiger partial charge in [-0.2, -0.15) is 0 Å². The minimum absolute atomic E-state index is 0.190. The van der Waals surface area contributed by atoms with Crippen LogP contribution in [0.5, 0.6) is 0 Å². The molecule has 0 aliphatic carbocycles. The Bertz CT molecular complexity index is 551. The molecule has 0 spiro atoms. The van der Waals surface area contributed by atoms with Crippen LogP contribution in [-0.2, 0) is 6.54 Å². The van der Waals surface area contributed by atoms with Gasteiger partial charge in [-0.25, -0.2) is 13.5 Å². The number of benzene rings is 1. The van der Waals surface area contributed by atoms with E-state index in [4.69, 9.17) is 0 Å². The summed E-state index contributed by atoms with van der Waals surface area (Å²) in [6, 6.07) is 2.62. The number of halogens is 2. The normalized spacial score (nSPS) is 10.9. The van der Waals surface area contributed by atoms with Crippen molar-refractivity contribution in [3.05, 3.63) is 41.2 Å². The van der Waals surface area contributed by atoms with Gasteiger partial charge in [0.05, 0.1) is 11.9 Å². The molecule has 96 valence electrons. The number of nitrogens with zero attached hydrogens (tertiary/aromatic N) is 3. The number of nitrogens with one attached hydrogen (secondary N) is 1. The second-order valence-corrected chi connectivity index (χ2v) is 3.96.